The van der Waals surface area contributed by atoms with E-state index >= 15 is 0 Å². The molecular weight excluding hydrogens is 280 g/mol. The Morgan fingerprint density at radius 1 is 0.783 bits per heavy atom. The third kappa shape index (κ3) is 3.03. The summed E-state index contributed by atoms with van der Waals surface area (Å²) in [7, 11) is 0. The van der Waals surface area contributed by atoms with Crippen molar-refractivity contribution in [3.05, 3.63) is 71.8 Å². The van der Waals surface area contributed by atoms with E-state index in [4.69, 9.17) is 4.99 Å². The molecule has 0 bridgehead atoms. The summed E-state index contributed by atoms with van der Waals surface area (Å²) in [5.74, 6) is 1.20. The Labute approximate surface area is 138 Å². The van der Waals surface area contributed by atoms with Gasteiger partial charge in [0.05, 0.1) is 6.04 Å². The van der Waals surface area contributed by atoms with E-state index in [1.807, 2.05) is 0 Å². The molecule has 1 saturated carbocycles. The van der Waals surface area contributed by atoms with E-state index in [-0.39, 0.29) is 6.04 Å². The Morgan fingerprint density at radius 3 is 2.13 bits per heavy atom. The molecule has 118 valence electrons. The molecule has 23 heavy (non-hydrogen) atoms. The van der Waals surface area contributed by atoms with Crippen LogP contribution in [0, 0.1) is 0 Å². The summed E-state index contributed by atoms with van der Waals surface area (Å²) >= 11 is 0. The van der Waals surface area contributed by atoms with Gasteiger partial charge in [-0.05, 0) is 18.4 Å². The molecule has 0 radical (unpaired) electrons. The second-order valence-electron chi connectivity index (χ2n) is 6.69. The van der Waals surface area contributed by atoms with E-state index < -0.39 is 0 Å². The topological polar surface area (TPSA) is 15.6 Å². The lowest BCUT2D eigenvalue weighted by molar-refractivity contribution is 0.250. The molecule has 1 atom stereocenters. The smallest absolute Gasteiger partial charge is 0.131 e. The zero-order valence-electron chi connectivity index (χ0n) is 13.6. The predicted octanol–water partition coefficient (Wildman–Crippen LogP) is 4.82. The van der Waals surface area contributed by atoms with Crippen molar-refractivity contribution >= 4 is 5.84 Å². The van der Waals surface area contributed by atoms with Crippen molar-refractivity contribution < 1.29 is 0 Å². The highest BCUT2D eigenvalue weighted by Gasteiger charge is 2.32. The van der Waals surface area contributed by atoms with Gasteiger partial charge in [0, 0.05) is 18.2 Å². The van der Waals surface area contributed by atoms with E-state index in [2.05, 4.69) is 65.6 Å². The molecule has 2 nitrogen and oxygen atoms in total. The van der Waals surface area contributed by atoms with Crippen LogP contribution in [0.4, 0.5) is 0 Å². The van der Waals surface area contributed by atoms with Crippen LogP contribution >= 0.6 is 0 Å². The van der Waals surface area contributed by atoms with Crippen molar-refractivity contribution in [3.63, 3.8) is 0 Å². The summed E-state index contributed by atoms with van der Waals surface area (Å²) in [5.41, 5.74) is 2.59. The SMILES string of the molecule is c1ccc(C2=NC(c3ccccc3)CN2C2CCCCC2)cc1. The molecule has 0 aromatic heterocycles. The molecule has 0 saturated heterocycles. The second kappa shape index (κ2) is 6.57. The standard InChI is InChI=1S/C21H24N2/c1-4-10-17(11-5-1)20-16-23(19-14-8-3-9-15-19)21(22-20)18-12-6-2-7-13-18/h1-2,4-7,10-13,19-20H,3,8-9,14-16H2. The fourth-order valence-corrected chi connectivity index (χ4v) is 3.93. The fourth-order valence-electron chi connectivity index (χ4n) is 3.93. The first kappa shape index (κ1) is 14.5. The quantitative estimate of drug-likeness (QED) is 0.793. The summed E-state index contributed by atoms with van der Waals surface area (Å²) < 4.78 is 0. The molecule has 1 unspecified atom stereocenters. The van der Waals surface area contributed by atoms with Gasteiger partial charge >= 0.3 is 0 Å². The number of benzene rings is 2. The van der Waals surface area contributed by atoms with E-state index in [0.29, 0.717) is 6.04 Å². The minimum absolute atomic E-state index is 0.272. The molecule has 0 amide bonds. The number of hydrogen-bond acceptors (Lipinski definition) is 2. The highest BCUT2D eigenvalue weighted by Crippen LogP contribution is 2.32. The largest absolute Gasteiger partial charge is 0.351 e. The lowest BCUT2D eigenvalue weighted by Gasteiger charge is -2.34. The van der Waals surface area contributed by atoms with E-state index in [0.717, 1.165) is 6.54 Å². The molecule has 1 heterocycles. The van der Waals surface area contributed by atoms with Crippen LogP contribution in [0.5, 0.6) is 0 Å². The van der Waals surface area contributed by atoms with Crippen LogP contribution in [0.2, 0.25) is 0 Å². The molecule has 2 aromatic rings. The first-order valence-electron chi connectivity index (χ1n) is 8.86. The van der Waals surface area contributed by atoms with Crippen LogP contribution in [0.1, 0.15) is 49.3 Å². The minimum Gasteiger partial charge on any atom is -0.351 e. The Morgan fingerprint density at radius 2 is 1.43 bits per heavy atom. The monoisotopic (exact) mass is 304 g/mol. The molecular formula is C21H24N2. The van der Waals surface area contributed by atoms with Crippen molar-refractivity contribution in [1.29, 1.82) is 0 Å². The normalized spacial score (nSPS) is 22.2. The lowest BCUT2D eigenvalue weighted by atomic mass is 9.93. The molecule has 2 heteroatoms. The zero-order chi connectivity index (χ0) is 15.5. The summed E-state index contributed by atoms with van der Waals surface area (Å²) in [6.07, 6.45) is 6.74. The summed E-state index contributed by atoms with van der Waals surface area (Å²) in [6, 6.07) is 22.4. The molecule has 0 spiro atoms. The van der Waals surface area contributed by atoms with Gasteiger partial charge in [0.15, 0.2) is 0 Å². The third-order valence-corrected chi connectivity index (χ3v) is 5.15. The molecule has 1 aliphatic heterocycles. The van der Waals surface area contributed by atoms with Gasteiger partial charge in [-0.2, -0.15) is 0 Å². The molecule has 4 rings (SSSR count). The summed E-state index contributed by atoms with van der Waals surface area (Å²) in [5, 5.41) is 0. The van der Waals surface area contributed by atoms with Gasteiger partial charge in [-0.15, -0.1) is 0 Å². The number of amidine groups is 1. The number of aliphatic imine (C=N–C) groups is 1. The highest BCUT2D eigenvalue weighted by molar-refractivity contribution is 6.00. The van der Waals surface area contributed by atoms with Gasteiger partial charge in [0.2, 0.25) is 0 Å². The van der Waals surface area contributed by atoms with E-state index in [1.165, 1.54) is 49.1 Å². The minimum atomic E-state index is 0.272. The van der Waals surface area contributed by atoms with Gasteiger partial charge < -0.3 is 4.90 Å². The van der Waals surface area contributed by atoms with Crippen LogP contribution in [0.15, 0.2) is 65.7 Å². The average molecular weight is 304 g/mol. The Kier molecular flexibility index (Phi) is 4.14. The van der Waals surface area contributed by atoms with Gasteiger partial charge in [-0.1, -0.05) is 79.9 Å². The number of nitrogens with zero attached hydrogens (tertiary/aromatic N) is 2. The lowest BCUT2D eigenvalue weighted by Crippen LogP contribution is -2.40. The van der Waals surface area contributed by atoms with Crippen molar-refractivity contribution in [2.75, 3.05) is 6.54 Å². The molecule has 2 aliphatic rings. The Balaban J connectivity index is 1.66. The van der Waals surface area contributed by atoms with E-state index in [9.17, 15) is 0 Å². The maximum atomic E-state index is 5.13. The number of rotatable bonds is 3. The van der Waals surface area contributed by atoms with Crippen molar-refractivity contribution in [1.82, 2.24) is 4.90 Å². The highest BCUT2D eigenvalue weighted by atomic mass is 15.3. The maximum Gasteiger partial charge on any atom is 0.131 e. The van der Waals surface area contributed by atoms with Crippen LogP contribution in [0.25, 0.3) is 0 Å². The van der Waals surface area contributed by atoms with Crippen molar-refractivity contribution in [3.8, 4) is 0 Å². The number of hydrogen-bond donors (Lipinski definition) is 0. The summed E-state index contributed by atoms with van der Waals surface area (Å²) in [4.78, 5) is 7.72. The zero-order valence-corrected chi connectivity index (χ0v) is 13.6. The third-order valence-electron chi connectivity index (χ3n) is 5.15. The van der Waals surface area contributed by atoms with Crippen LogP contribution in [-0.2, 0) is 0 Å². The van der Waals surface area contributed by atoms with Gasteiger partial charge in [0.25, 0.3) is 0 Å². The first-order chi connectivity index (χ1) is 11.4. The van der Waals surface area contributed by atoms with Crippen molar-refractivity contribution in [2.45, 2.75) is 44.2 Å². The molecule has 2 aromatic carbocycles. The second-order valence-corrected chi connectivity index (χ2v) is 6.69. The molecule has 1 fully saturated rings. The van der Waals surface area contributed by atoms with E-state index in [1.54, 1.807) is 0 Å². The van der Waals surface area contributed by atoms with Crippen LogP contribution < -0.4 is 0 Å². The Bertz CT molecular complexity index is 657. The van der Waals surface area contributed by atoms with Gasteiger partial charge in [-0.3, -0.25) is 4.99 Å². The fraction of sp³-hybridized carbons (Fsp3) is 0.381. The molecule has 1 aliphatic carbocycles. The average Bonchev–Trinajstić information content (AvgIpc) is 3.09. The van der Waals surface area contributed by atoms with Gasteiger partial charge in [-0.25, -0.2) is 0 Å². The Hall–Kier alpha value is -2.09. The van der Waals surface area contributed by atoms with Crippen LogP contribution in [-0.4, -0.2) is 23.3 Å². The van der Waals surface area contributed by atoms with Crippen molar-refractivity contribution in [2.24, 2.45) is 4.99 Å². The molecule has 0 N–H and O–H groups in total. The predicted molar refractivity (Wildman–Crippen MR) is 95.7 cm³/mol. The summed E-state index contributed by atoms with van der Waals surface area (Å²) in [6.45, 7) is 1.03. The van der Waals surface area contributed by atoms with Crippen LogP contribution in [0.3, 0.4) is 0 Å². The first-order valence-corrected chi connectivity index (χ1v) is 8.86. The van der Waals surface area contributed by atoms with Gasteiger partial charge in [0.1, 0.15) is 5.84 Å². The maximum absolute atomic E-state index is 5.13.